The molecule has 3 aromatic rings. The summed E-state index contributed by atoms with van der Waals surface area (Å²) in [6, 6.07) is 17.9. The fourth-order valence-electron chi connectivity index (χ4n) is 3.76. The van der Waals surface area contributed by atoms with Crippen LogP contribution < -0.4 is 10.1 Å². The van der Waals surface area contributed by atoms with E-state index in [0.717, 1.165) is 11.1 Å². The van der Waals surface area contributed by atoms with Crippen molar-refractivity contribution >= 4 is 23.4 Å². The van der Waals surface area contributed by atoms with Crippen LogP contribution in [0.3, 0.4) is 0 Å². The van der Waals surface area contributed by atoms with Gasteiger partial charge in [0.05, 0.1) is 24.7 Å². The van der Waals surface area contributed by atoms with Crippen LogP contribution >= 0.6 is 0 Å². The molecular weight excluding hydrogens is 537 g/mol. The molecule has 0 fully saturated rings. The number of nitro benzene ring substituents is 1. The number of halogens is 1. The molecule has 12 heteroatoms. The van der Waals surface area contributed by atoms with Gasteiger partial charge in [0, 0.05) is 37.4 Å². The minimum Gasteiger partial charge on any atom is -0.492 e. The van der Waals surface area contributed by atoms with E-state index in [1.807, 2.05) is 0 Å². The average molecular weight is 570 g/mol. The van der Waals surface area contributed by atoms with E-state index in [0.29, 0.717) is 18.0 Å². The number of nitrogens with one attached hydrogen (secondary N) is 1. The van der Waals surface area contributed by atoms with E-state index >= 15 is 0 Å². The summed E-state index contributed by atoms with van der Waals surface area (Å²) in [5.74, 6) is -0.825. The molecule has 0 aromatic heterocycles. The third kappa shape index (κ3) is 10.5. The molecule has 0 saturated carbocycles. The topological polar surface area (TPSA) is 140 Å². The lowest BCUT2D eigenvalue weighted by Gasteiger charge is -2.23. The van der Waals surface area contributed by atoms with Crippen molar-refractivity contribution in [1.82, 2.24) is 4.90 Å². The Morgan fingerprint density at radius 3 is 2.22 bits per heavy atom. The lowest BCUT2D eigenvalue weighted by atomic mass is 10.1. The number of benzene rings is 3. The molecule has 1 unspecified atom stereocenters. The highest BCUT2D eigenvalue weighted by atomic mass is 19.1. The second kappa shape index (κ2) is 15.9. The van der Waals surface area contributed by atoms with Crippen molar-refractivity contribution in [3.8, 4) is 5.75 Å². The van der Waals surface area contributed by atoms with Crippen molar-refractivity contribution < 1.29 is 38.2 Å². The zero-order chi connectivity index (χ0) is 29.6. The first-order valence-corrected chi connectivity index (χ1v) is 12.9. The smallest absolute Gasteiger partial charge is 0.333 e. The van der Waals surface area contributed by atoms with Gasteiger partial charge in [-0.2, -0.15) is 0 Å². The molecule has 0 bridgehead atoms. The highest BCUT2D eigenvalue weighted by molar-refractivity contribution is 5.89. The van der Waals surface area contributed by atoms with Gasteiger partial charge in [-0.3, -0.25) is 10.1 Å². The van der Waals surface area contributed by atoms with Gasteiger partial charge >= 0.3 is 12.0 Å². The number of anilines is 1. The molecule has 1 atom stereocenters. The summed E-state index contributed by atoms with van der Waals surface area (Å²) in [4.78, 5) is 36.2. The van der Waals surface area contributed by atoms with Crippen LogP contribution in [-0.2, 0) is 27.3 Å². The van der Waals surface area contributed by atoms with E-state index in [-0.39, 0.29) is 50.8 Å². The lowest BCUT2D eigenvalue weighted by Crippen LogP contribution is -2.40. The molecule has 41 heavy (non-hydrogen) atoms. The van der Waals surface area contributed by atoms with E-state index in [4.69, 9.17) is 14.2 Å². The number of carbonyl (C=O) groups is 2. The predicted octanol–water partition coefficient (Wildman–Crippen LogP) is 4.90. The monoisotopic (exact) mass is 569 g/mol. The van der Waals surface area contributed by atoms with Crippen LogP contribution in [0.4, 0.5) is 20.6 Å². The first kappa shape index (κ1) is 31.0. The molecule has 0 aliphatic carbocycles. The Balaban J connectivity index is 1.56. The summed E-state index contributed by atoms with van der Waals surface area (Å²) in [6.07, 6.45) is -0.710. The third-order valence-corrected chi connectivity index (χ3v) is 5.92. The van der Waals surface area contributed by atoms with Crippen LogP contribution in [0.1, 0.15) is 18.1 Å². The number of nitrogens with zero attached hydrogens (tertiary/aromatic N) is 2. The van der Waals surface area contributed by atoms with E-state index in [1.165, 1.54) is 41.3 Å². The first-order chi connectivity index (χ1) is 19.7. The molecule has 11 nitrogen and oxygen atoms in total. The Kier molecular flexibility index (Phi) is 12.0. The number of amides is 2. The minimum atomic E-state index is -1.03. The number of carboxylic acid groups (broad SMARTS) is 1. The lowest BCUT2D eigenvalue weighted by molar-refractivity contribution is -0.384. The minimum absolute atomic E-state index is 0.0927. The average Bonchev–Trinajstić information content (AvgIpc) is 2.96. The maximum atomic E-state index is 13.1. The van der Waals surface area contributed by atoms with Gasteiger partial charge in [0.2, 0.25) is 0 Å². The maximum absolute atomic E-state index is 13.1. The fraction of sp³-hybridized carbons (Fsp3) is 0.310. The predicted molar refractivity (Wildman–Crippen MR) is 148 cm³/mol. The summed E-state index contributed by atoms with van der Waals surface area (Å²) in [5, 5.41) is 22.9. The maximum Gasteiger partial charge on any atom is 0.333 e. The molecule has 3 rings (SSSR count). The van der Waals surface area contributed by atoms with Gasteiger partial charge in [-0.15, -0.1) is 0 Å². The fourth-order valence-corrected chi connectivity index (χ4v) is 3.76. The van der Waals surface area contributed by atoms with E-state index < -0.39 is 23.0 Å². The standard InChI is InChI=1S/C29H32FN3O8/c1-2-40-27(28(34)35)19-21-5-13-26(14-6-21)41-18-16-32(15-17-39-20-22-3-7-23(30)8-4-22)29(36)31-24-9-11-25(12-10-24)33(37)38/h3-14,27H,2,15-20H2,1H3,(H,31,36)(H,34,35). The number of rotatable bonds is 16. The van der Waals surface area contributed by atoms with Gasteiger partial charge in [0.1, 0.15) is 18.2 Å². The number of aliphatic carboxylic acids is 1. The Labute approximate surface area is 236 Å². The Morgan fingerprint density at radius 2 is 1.61 bits per heavy atom. The number of non-ortho nitro benzene ring substituents is 1. The van der Waals surface area contributed by atoms with E-state index in [1.54, 1.807) is 43.3 Å². The summed E-state index contributed by atoms with van der Waals surface area (Å²) >= 11 is 0. The third-order valence-electron chi connectivity index (χ3n) is 5.92. The van der Waals surface area contributed by atoms with Crippen molar-refractivity contribution in [2.75, 3.05) is 38.2 Å². The van der Waals surface area contributed by atoms with E-state index in [9.17, 15) is 29.2 Å². The van der Waals surface area contributed by atoms with Crippen LogP contribution in [0.25, 0.3) is 0 Å². The highest BCUT2D eigenvalue weighted by Crippen LogP contribution is 2.17. The van der Waals surface area contributed by atoms with Gasteiger partial charge in [0.15, 0.2) is 6.10 Å². The molecule has 0 saturated heterocycles. The normalized spacial score (nSPS) is 11.5. The molecule has 0 radical (unpaired) electrons. The number of ether oxygens (including phenoxy) is 3. The van der Waals surface area contributed by atoms with Crippen LogP contribution in [0.5, 0.6) is 5.75 Å². The van der Waals surface area contributed by atoms with Crippen LogP contribution in [-0.4, -0.2) is 65.9 Å². The van der Waals surface area contributed by atoms with Crippen molar-refractivity contribution in [1.29, 1.82) is 0 Å². The SMILES string of the molecule is CCOC(Cc1ccc(OCCN(CCOCc2ccc(F)cc2)C(=O)Nc2ccc([N+](=O)[O-])cc2)cc1)C(=O)O. The molecule has 3 aromatic carbocycles. The van der Waals surface area contributed by atoms with Gasteiger partial charge in [-0.25, -0.2) is 14.0 Å². The Bertz CT molecular complexity index is 1270. The second-order valence-electron chi connectivity index (χ2n) is 8.88. The van der Waals surface area contributed by atoms with Crippen molar-refractivity contribution in [3.05, 3.63) is 99.9 Å². The summed E-state index contributed by atoms with van der Waals surface area (Å²) in [6.45, 7) is 3.05. The van der Waals surface area contributed by atoms with Gasteiger partial charge in [-0.1, -0.05) is 24.3 Å². The molecule has 0 heterocycles. The van der Waals surface area contributed by atoms with Gasteiger partial charge in [0.25, 0.3) is 5.69 Å². The number of carbonyl (C=O) groups excluding carboxylic acids is 1. The summed E-state index contributed by atoms with van der Waals surface area (Å²) in [5.41, 5.74) is 1.86. The van der Waals surface area contributed by atoms with Gasteiger partial charge < -0.3 is 29.5 Å². The van der Waals surface area contributed by atoms with E-state index in [2.05, 4.69) is 5.32 Å². The number of hydrogen-bond donors (Lipinski definition) is 2. The van der Waals surface area contributed by atoms with Crippen LogP contribution in [0, 0.1) is 15.9 Å². The molecule has 0 aliphatic rings. The molecular formula is C29H32FN3O8. The summed E-state index contributed by atoms with van der Waals surface area (Å²) < 4.78 is 29.8. The molecule has 2 amide bonds. The van der Waals surface area contributed by atoms with Crippen LogP contribution in [0.2, 0.25) is 0 Å². The number of carboxylic acids is 1. The largest absolute Gasteiger partial charge is 0.492 e. The first-order valence-electron chi connectivity index (χ1n) is 12.9. The number of urea groups is 1. The Morgan fingerprint density at radius 1 is 0.976 bits per heavy atom. The van der Waals surface area contributed by atoms with Crippen molar-refractivity contribution in [3.63, 3.8) is 0 Å². The zero-order valence-electron chi connectivity index (χ0n) is 22.5. The molecule has 2 N–H and O–H groups in total. The quantitative estimate of drug-likeness (QED) is 0.141. The van der Waals surface area contributed by atoms with Crippen molar-refractivity contribution in [2.24, 2.45) is 0 Å². The second-order valence-corrected chi connectivity index (χ2v) is 8.88. The highest BCUT2D eigenvalue weighted by Gasteiger charge is 2.18. The molecule has 0 aliphatic heterocycles. The number of hydrogen-bond acceptors (Lipinski definition) is 7. The molecule has 218 valence electrons. The zero-order valence-corrected chi connectivity index (χ0v) is 22.5. The van der Waals surface area contributed by atoms with Crippen LogP contribution in [0.15, 0.2) is 72.8 Å². The molecule has 0 spiro atoms. The van der Waals surface area contributed by atoms with Crippen molar-refractivity contribution in [2.45, 2.75) is 26.1 Å². The Hall–Kier alpha value is -4.55. The van der Waals surface area contributed by atoms with Gasteiger partial charge in [-0.05, 0) is 54.4 Å². The summed E-state index contributed by atoms with van der Waals surface area (Å²) in [7, 11) is 0. The number of nitro groups is 1.